The third kappa shape index (κ3) is 2.80. The number of aryl methyl sites for hydroxylation is 2. The second-order valence-corrected chi connectivity index (χ2v) is 5.09. The van der Waals surface area contributed by atoms with E-state index in [1.165, 1.54) is 16.9 Å². The molecule has 1 heterocycles. The molecule has 0 radical (unpaired) electrons. The molecule has 2 nitrogen and oxygen atoms in total. The highest BCUT2D eigenvalue weighted by Gasteiger charge is 2.11. The van der Waals surface area contributed by atoms with Crippen LogP contribution in [0.3, 0.4) is 0 Å². The molecular formula is C14H15NOS. The lowest BCUT2D eigenvalue weighted by atomic mass is 10.0. The molecular weight excluding hydrogens is 230 g/mol. The van der Waals surface area contributed by atoms with E-state index in [1.807, 2.05) is 36.6 Å². The molecule has 3 heteroatoms. The second kappa shape index (κ2) is 5.23. The Morgan fingerprint density at radius 1 is 1.29 bits per heavy atom. The first-order valence-electron chi connectivity index (χ1n) is 5.76. The van der Waals surface area contributed by atoms with E-state index < -0.39 is 0 Å². The smallest absolute Gasteiger partial charge is 0.212 e. The summed E-state index contributed by atoms with van der Waals surface area (Å²) in [7, 11) is 0. The van der Waals surface area contributed by atoms with Gasteiger partial charge in [0.2, 0.25) is 5.78 Å². The van der Waals surface area contributed by atoms with Crippen molar-refractivity contribution in [2.45, 2.75) is 26.7 Å². The van der Waals surface area contributed by atoms with Gasteiger partial charge in [0.05, 0.1) is 5.01 Å². The van der Waals surface area contributed by atoms with Crippen LogP contribution in [0, 0.1) is 6.92 Å². The maximum atomic E-state index is 12.1. The van der Waals surface area contributed by atoms with Crippen LogP contribution < -0.4 is 0 Å². The minimum absolute atomic E-state index is 0.0115. The van der Waals surface area contributed by atoms with Crippen molar-refractivity contribution in [3.8, 4) is 0 Å². The number of carbonyl (C=O) groups excluding carboxylic acids is 1. The fourth-order valence-corrected chi connectivity index (χ4v) is 2.32. The zero-order chi connectivity index (χ0) is 12.3. The van der Waals surface area contributed by atoms with E-state index in [0.29, 0.717) is 5.69 Å². The monoisotopic (exact) mass is 245 g/mol. The van der Waals surface area contributed by atoms with Gasteiger partial charge in [0.1, 0.15) is 5.69 Å². The number of hydrogen-bond acceptors (Lipinski definition) is 3. The highest BCUT2D eigenvalue weighted by molar-refractivity contribution is 7.09. The van der Waals surface area contributed by atoms with Crippen molar-refractivity contribution < 1.29 is 4.79 Å². The summed E-state index contributed by atoms with van der Waals surface area (Å²) in [5.74, 6) is 0.0115. The molecule has 0 unspecified atom stereocenters. The summed E-state index contributed by atoms with van der Waals surface area (Å²) >= 11 is 1.51. The molecule has 88 valence electrons. The SMILES string of the molecule is CCCc1ccc(C(=O)c2csc(C)n2)cc1. The van der Waals surface area contributed by atoms with Crippen molar-refractivity contribution >= 4 is 17.1 Å². The molecule has 0 aliphatic carbocycles. The predicted octanol–water partition coefficient (Wildman–Crippen LogP) is 3.64. The van der Waals surface area contributed by atoms with E-state index in [-0.39, 0.29) is 5.78 Å². The van der Waals surface area contributed by atoms with Crippen molar-refractivity contribution in [2.24, 2.45) is 0 Å². The highest BCUT2D eigenvalue weighted by Crippen LogP contribution is 2.14. The van der Waals surface area contributed by atoms with Crippen molar-refractivity contribution in [1.82, 2.24) is 4.98 Å². The van der Waals surface area contributed by atoms with Crippen LogP contribution >= 0.6 is 11.3 Å². The Morgan fingerprint density at radius 3 is 2.53 bits per heavy atom. The molecule has 0 bridgehead atoms. The fraction of sp³-hybridized carbons (Fsp3) is 0.286. The molecule has 2 aromatic rings. The third-order valence-corrected chi connectivity index (χ3v) is 3.38. The quantitative estimate of drug-likeness (QED) is 0.770. The highest BCUT2D eigenvalue weighted by atomic mass is 32.1. The van der Waals surface area contributed by atoms with E-state index in [4.69, 9.17) is 0 Å². The molecule has 0 N–H and O–H groups in total. The molecule has 0 aliphatic rings. The van der Waals surface area contributed by atoms with Crippen LogP contribution in [0.25, 0.3) is 0 Å². The van der Waals surface area contributed by atoms with Gasteiger partial charge in [-0.05, 0) is 18.9 Å². The van der Waals surface area contributed by atoms with Gasteiger partial charge in [-0.25, -0.2) is 4.98 Å². The number of rotatable bonds is 4. The Labute approximate surface area is 105 Å². The lowest BCUT2D eigenvalue weighted by Crippen LogP contribution is -2.01. The minimum atomic E-state index is 0.0115. The number of hydrogen-bond donors (Lipinski definition) is 0. The first-order chi connectivity index (χ1) is 8.20. The Balaban J connectivity index is 2.20. The van der Waals surface area contributed by atoms with Gasteiger partial charge in [0, 0.05) is 10.9 Å². The van der Waals surface area contributed by atoms with Gasteiger partial charge >= 0.3 is 0 Å². The minimum Gasteiger partial charge on any atom is -0.287 e. The molecule has 2 rings (SSSR count). The lowest BCUT2D eigenvalue weighted by Gasteiger charge is -2.01. The van der Waals surface area contributed by atoms with Gasteiger partial charge in [0.25, 0.3) is 0 Å². The number of aromatic nitrogens is 1. The summed E-state index contributed by atoms with van der Waals surface area (Å²) < 4.78 is 0. The van der Waals surface area contributed by atoms with E-state index in [2.05, 4.69) is 11.9 Å². The van der Waals surface area contributed by atoms with E-state index in [9.17, 15) is 4.79 Å². The molecule has 0 saturated heterocycles. The Hall–Kier alpha value is -1.48. The number of thiazole rings is 1. The summed E-state index contributed by atoms with van der Waals surface area (Å²) in [6.07, 6.45) is 2.18. The normalized spacial score (nSPS) is 10.5. The summed E-state index contributed by atoms with van der Waals surface area (Å²) in [6, 6.07) is 7.83. The molecule has 1 aromatic carbocycles. The van der Waals surface area contributed by atoms with Crippen LogP contribution in [0.2, 0.25) is 0 Å². The zero-order valence-corrected chi connectivity index (χ0v) is 10.9. The molecule has 0 aliphatic heterocycles. The van der Waals surface area contributed by atoms with E-state index in [0.717, 1.165) is 23.4 Å². The van der Waals surface area contributed by atoms with Crippen molar-refractivity contribution in [2.75, 3.05) is 0 Å². The standard InChI is InChI=1S/C14H15NOS/c1-3-4-11-5-7-12(8-6-11)14(16)13-9-17-10(2)15-13/h5-9H,3-4H2,1-2H3. The van der Waals surface area contributed by atoms with Gasteiger partial charge in [-0.3, -0.25) is 4.79 Å². The average molecular weight is 245 g/mol. The van der Waals surface area contributed by atoms with Gasteiger partial charge in [0.15, 0.2) is 0 Å². The Morgan fingerprint density at radius 2 is 2.00 bits per heavy atom. The van der Waals surface area contributed by atoms with Crippen LogP contribution in [0.1, 0.15) is 40.0 Å². The van der Waals surface area contributed by atoms with Gasteiger partial charge in [-0.2, -0.15) is 0 Å². The van der Waals surface area contributed by atoms with Crippen molar-refractivity contribution in [3.63, 3.8) is 0 Å². The fourth-order valence-electron chi connectivity index (χ4n) is 1.73. The van der Waals surface area contributed by atoms with E-state index in [1.54, 1.807) is 0 Å². The Kier molecular flexibility index (Phi) is 3.69. The van der Waals surface area contributed by atoms with Crippen LogP contribution in [-0.4, -0.2) is 10.8 Å². The maximum Gasteiger partial charge on any atom is 0.212 e. The van der Waals surface area contributed by atoms with E-state index >= 15 is 0 Å². The first-order valence-corrected chi connectivity index (χ1v) is 6.64. The molecule has 0 fully saturated rings. The lowest BCUT2D eigenvalue weighted by molar-refractivity contribution is 0.103. The topological polar surface area (TPSA) is 30.0 Å². The summed E-state index contributed by atoms with van der Waals surface area (Å²) in [5, 5.41) is 2.74. The molecule has 1 aromatic heterocycles. The largest absolute Gasteiger partial charge is 0.287 e. The first kappa shape index (κ1) is 12.0. The number of nitrogens with zero attached hydrogens (tertiary/aromatic N) is 1. The zero-order valence-electron chi connectivity index (χ0n) is 10.1. The van der Waals surface area contributed by atoms with Crippen molar-refractivity contribution in [1.29, 1.82) is 0 Å². The van der Waals surface area contributed by atoms with Gasteiger partial charge in [-0.1, -0.05) is 37.6 Å². The molecule has 0 atom stereocenters. The predicted molar refractivity (Wildman–Crippen MR) is 70.7 cm³/mol. The second-order valence-electron chi connectivity index (χ2n) is 4.03. The van der Waals surface area contributed by atoms with Crippen LogP contribution in [-0.2, 0) is 6.42 Å². The van der Waals surface area contributed by atoms with Crippen LogP contribution in [0.4, 0.5) is 0 Å². The number of ketones is 1. The van der Waals surface area contributed by atoms with Gasteiger partial charge in [-0.15, -0.1) is 11.3 Å². The maximum absolute atomic E-state index is 12.1. The molecule has 0 spiro atoms. The average Bonchev–Trinajstić information content (AvgIpc) is 2.76. The molecule has 0 amide bonds. The molecule has 17 heavy (non-hydrogen) atoms. The third-order valence-electron chi connectivity index (χ3n) is 2.61. The number of benzene rings is 1. The number of carbonyl (C=O) groups is 1. The van der Waals surface area contributed by atoms with Gasteiger partial charge < -0.3 is 0 Å². The van der Waals surface area contributed by atoms with Crippen LogP contribution in [0.5, 0.6) is 0 Å². The summed E-state index contributed by atoms with van der Waals surface area (Å²) in [6.45, 7) is 4.06. The summed E-state index contributed by atoms with van der Waals surface area (Å²) in [4.78, 5) is 16.3. The molecule has 0 saturated carbocycles. The Bertz CT molecular complexity index is 513. The van der Waals surface area contributed by atoms with Crippen molar-refractivity contribution in [3.05, 3.63) is 51.5 Å². The van der Waals surface area contributed by atoms with Crippen LogP contribution in [0.15, 0.2) is 29.6 Å². The summed E-state index contributed by atoms with van der Waals surface area (Å²) in [5.41, 5.74) is 2.55.